The van der Waals surface area contributed by atoms with Gasteiger partial charge in [-0.25, -0.2) is 9.78 Å². The number of methoxy groups -OCH3 is 1. The van der Waals surface area contributed by atoms with Gasteiger partial charge >= 0.3 is 5.69 Å². The fourth-order valence-electron chi connectivity index (χ4n) is 6.89. The second kappa shape index (κ2) is 11.4. The van der Waals surface area contributed by atoms with E-state index in [1.54, 1.807) is 19.2 Å². The zero-order valence-electron chi connectivity index (χ0n) is 26.3. The molecule has 2 aromatic heterocycles. The predicted octanol–water partition coefficient (Wildman–Crippen LogP) is 3.43. The van der Waals surface area contributed by atoms with Gasteiger partial charge in [0.2, 0.25) is 11.8 Å². The molecule has 0 radical (unpaired) electrons. The van der Waals surface area contributed by atoms with Gasteiger partial charge in [0.25, 0.3) is 11.5 Å². The molecule has 1 unspecified atom stereocenters. The summed E-state index contributed by atoms with van der Waals surface area (Å²) in [6.45, 7) is 3.82. The third-order valence-corrected chi connectivity index (χ3v) is 9.84. The Morgan fingerprint density at radius 3 is 2.55 bits per heavy atom. The Morgan fingerprint density at radius 1 is 1.11 bits per heavy atom. The van der Waals surface area contributed by atoms with Crippen LogP contribution in [0.1, 0.15) is 40.4 Å². The van der Waals surface area contributed by atoms with Crippen molar-refractivity contribution in [2.24, 2.45) is 14.1 Å². The molecule has 5 heterocycles. The lowest BCUT2D eigenvalue weighted by Gasteiger charge is -2.50. The zero-order valence-corrected chi connectivity index (χ0v) is 27.1. The van der Waals surface area contributed by atoms with Gasteiger partial charge in [-0.1, -0.05) is 41.9 Å². The van der Waals surface area contributed by atoms with Crippen molar-refractivity contribution < 1.29 is 19.1 Å². The lowest BCUT2D eigenvalue weighted by atomic mass is 9.86. The number of ether oxygens (including phenoxy) is 2. The van der Waals surface area contributed by atoms with E-state index in [0.29, 0.717) is 46.6 Å². The fraction of sp³-hybridized carbons (Fsp3) is 0.324. The van der Waals surface area contributed by atoms with E-state index in [-0.39, 0.29) is 23.1 Å². The van der Waals surface area contributed by atoms with Crippen LogP contribution in [0.25, 0.3) is 22.4 Å². The van der Waals surface area contributed by atoms with Crippen LogP contribution in [0.5, 0.6) is 11.6 Å². The summed E-state index contributed by atoms with van der Waals surface area (Å²) in [6, 6.07) is 12.9. The van der Waals surface area contributed by atoms with Crippen molar-refractivity contribution in [2.75, 3.05) is 32.1 Å². The molecule has 0 aliphatic carbocycles. The first-order valence-corrected chi connectivity index (χ1v) is 15.6. The Kier molecular flexibility index (Phi) is 7.44. The topological polar surface area (TPSA) is 137 Å². The molecule has 0 saturated carbocycles. The SMILES string of the molecule is COc1nc(-c2cccc(-c3cccc(NC(=O)c4cn(C)c(=O)n(C)c4=O)c3C)c2Cl)cc2c1C(N1CC3(CCC(=O)N3)C1)CO2. The van der Waals surface area contributed by atoms with E-state index >= 15 is 0 Å². The maximum atomic E-state index is 13.2. The number of rotatable bonds is 6. The number of halogens is 1. The van der Waals surface area contributed by atoms with Gasteiger partial charge in [0.05, 0.1) is 35.0 Å². The van der Waals surface area contributed by atoms with Crippen LogP contribution in [-0.2, 0) is 18.9 Å². The molecular formula is C34H33ClN6O6. The molecule has 2 saturated heterocycles. The predicted molar refractivity (Wildman–Crippen MR) is 176 cm³/mol. The van der Waals surface area contributed by atoms with Gasteiger partial charge in [0.1, 0.15) is 17.9 Å². The van der Waals surface area contributed by atoms with Gasteiger partial charge < -0.3 is 24.7 Å². The molecule has 3 aliphatic rings. The lowest BCUT2D eigenvalue weighted by Crippen LogP contribution is -2.67. The number of benzene rings is 2. The van der Waals surface area contributed by atoms with E-state index in [0.717, 1.165) is 46.3 Å². The Labute approximate surface area is 274 Å². The van der Waals surface area contributed by atoms with E-state index in [1.165, 1.54) is 24.9 Å². The molecular weight excluding hydrogens is 624 g/mol. The summed E-state index contributed by atoms with van der Waals surface area (Å²) < 4.78 is 14.0. The first-order chi connectivity index (χ1) is 22.5. The average molecular weight is 657 g/mol. The van der Waals surface area contributed by atoms with Crippen molar-refractivity contribution in [2.45, 2.75) is 31.3 Å². The number of hydrogen-bond donors (Lipinski definition) is 2. The van der Waals surface area contributed by atoms with Crippen molar-refractivity contribution >= 4 is 29.1 Å². The quantitative estimate of drug-likeness (QED) is 0.322. The van der Waals surface area contributed by atoms with Gasteiger partial charge in [-0.05, 0) is 30.5 Å². The molecule has 2 amide bonds. The molecule has 47 heavy (non-hydrogen) atoms. The fourth-order valence-corrected chi connectivity index (χ4v) is 7.21. The molecule has 2 aromatic carbocycles. The second-order valence-electron chi connectivity index (χ2n) is 12.4. The highest BCUT2D eigenvalue weighted by atomic mass is 35.5. The van der Waals surface area contributed by atoms with Gasteiger partial charge in [-0.2, -0.15) is 0 Å². The van der Waals surface area contributed by atoms with Gasteiger partial charge in [-0.15, -0.1) is 0 Å². The molecule has 2 N–H and O–H groups in total. The molecule has 1 atom stereocenters. The summed E-state index contributed by atoms with van der Waals surface area (Å²) in [5.74, 6) is 0.620. The standard InChI is InChI=1S/C34H33ClN6O6/c1-18-19(7-6-10-23(18)36-30(43)22-14-39(2)33(45)40(3)32(22)44)20-8-5-9-21(29(20)35)24-13-26-28(31(37-24)46-4)25(15-47-26)41-16-34(17-41)12-11-27(42)38-34/h5-10,13-14,25H,11-12,15-17H2,1-4H3,(H,36,43)(H,38,42). The van der Waals surface area contributed by atoms with E-state index in [2.05, 4.69) is 15.5 Å². The molecule has 4 aromatic rings. The number of nitrogens with zero attached hydrogens (tertiary/aromatic N) is 4. The first kappa shape index (κ1) is 30.7. The van der Waals surface area contributed by atoms with Crippen LogP contribution >= 0.6 is 11.6 Å². The van der Waals surface area contributed by atoms with Gasteiger partial charge in [-0.3, -0.25) is 23.9 Å². The number of nitrogens with one attached hydrogen (secondary N) is 2. The Bertz CT molecular complexity index is 2100. The Hall–Kier alpha value is -4.94. The van der Waals surface area contributed by atoms with E-state index in [1.807, 2.05) is 37.3 Å². The summed E-state index contributed by atoms with van der Waals surface area (Å²) >= 11 is 7.08. The number of carbonyl (C=O) groups excluding carboxylic acids is 2. The van der Waals surface area contributed by atoms with Crippen LogP contribution in [0.3, 0.4) is 0 Å². The van der Waals surface area contributed by atoms with E-state index in [9.17, 15) is 19.2 Å². The summed E-state index contributed by atoms with van der Waals surface area (Å²) in [5, 5.41) is 6.41. The van der Waals surface area contributed by atoms with E-state index in [4.69, 9.17) is 26.1 Å². The molecule has 2 fully saturated rings. The van der Waals surface area contributed by atoms with Crippen molar-refractivity contribution in [3.05, 3.63) is 91.2 Å². The van der Waals surface area contributed by atoms with Crippen LogP contribution in [0.2, 0.25) is 5.02 Å². The first-order valence-electron chi connectivity index (χ1n) is 15.2. The Balaban J connectivity index is 1.18. The highest BCUT2D eigenvalue weighted by Gasteiger charge is 2.51. The average Bonchev–Trinajstić information content (AvgIpc) is 3.65. The highest BCUT2D eigenvalue weighted by molar-refractivity contribution is 6.36. The Morgan fingerprint density at radius 2 is 1.83 bits per heavy atom. The number of hydrogen-bond acceptors (Lipinski definition) is 8. The normalized spacial score (nSPS) is 18.0. The summed E-state index contributed by atoms with van der Waals surface area (Å²) in [4.78, 5) is 56.9. The van der Waals surface area contributed by atoms with Crippen molar-refractivity contribution in [3.63, 3.8) is 0 Å². The number of likely N-dealkylation sites (tertiary alicyclic amines) is 1. The summed E-state index contributed by atoms with van der Waals surface area (Å²) in [5.41, 5.74) is 3.37. The van der Waals surface area contributed by atoms with Crippen molar-refractivity contribution in [3.8, 4) is 34.0 Å². The number of amides is 2. The summed E-state index contributed by atoms with van der Waals surface area (Å²) in [7, 11) is 4.40. The molecule has 242 valence electrons. The van der Waals surface area contributed by atoms with Crippen LogP contribution in [0.4, 0.5) is 5.69 Å². The highest BCUT2D eigenvalue weighted by Crippen LogP contribution is 2.48. The minimum atomic E-state index is -0.682. The zero-order chi connectivity index (χ0) is 33.2. The molecule has 0 bridgehead atoms. The van der Waals surface area contributed by atoms with E-state index < -0.39 is 17.2 Å². The number of aromatic nitrogens is 3. The molecule has 13 heteroatoms. The maximum absolute atomic E-state index is 13.2. The number of pyridine rings is 1. The van der Waals surface area contributed by atoms with Crippen LogP contribution in [0, 0.1) is 6.92 Å². The number of aryl methyl sites for hydroxylation is 1. The molecule has 1 spiro atoms. The maximum Gasteiger partial charge on any atom is 0.330 e. The van der Waals surface area contributed by atoms with Crippen molar-refractivity contribution in [1.29, 1.82) is 0 Å². The number of carbonyl (C=O) groups is 2. The van der Waals surface area contributed by atoms with Crippen molar-refractivity contribution in [1.82, 2.24) is 24.3 Å². The minimum Gasteiger partial charge on any atom is -0.491 e. The third kappa shape index (κ3) is 5.08. The lowest BCUT2D eigenvalue weighted by molar-refractivity contribution is -0.121. The van der Waals surface area contributed by atoms with Crippen LogP contribution in [0.15, 0.2) is 58.3 Å². The van der Waals surface area contributed by atoms with Crippen LogP contribution < -0.4 is 31.4 Å². The largest absolute Gasteiger partial charge is 0.491 e. The molecule has 3 aliphatic heterocycles. The summed E-state index contributed by atoms with van der Waals surface area (Å²) in [6.07, 6.45) is 2.64. The van der Waals surface area contributed by atoms with Gasteiger partial charge in [0, 0.05) is 62.7 Å². The monoisotopic (exact) mass is 656 g/mol. The molecule has 12 nitrogen and oxygen atoms in total. The van der Waals surface area contributed by atoms with Crippen LogP contribution in [-0.4, -0.2) is 63.2 Å². The third-order valence-electron chi connectivity index (χ3n) is 9.43. The minimum absolute atomic E-state index is 0.0343. The molecule has 7 rings (SSSR count). The second-order valence-corrected chi connectivity index (χ2v) is 12.8. The number of anilines is 1. The van der Waals surface area contributed by atoms with Gasteiger partial charge in [0.15, 0.2) is 0 Å². The number of fused-ring (bicyclic) bond motifs is 1. The smallest absolute Gasteiger partial charge is 0.330 e.